The minimum Gasteiger partial charge on any atom is -0.371 e. The fourth-order valence-electron chi connectivity index (χ4n) is 3.42. The number of hydrogen-bond donors (Lipinski definition) is 1. The third-order valence-corrected chi connectivity index (χ3v) is 5.22. The lowest BCUT2D eigenvalue weighted by Crippen LogP contribution is -2.30. The summed E-state index contributed by atoms with van der Waals surface area (Å²) >= 11 is 6.19. The lowest BCUT2D eigenvalue weighted by molar-refractivity contribution is 0.0948. The molecule has 0 spiro atoms. The number of halogens is 1. The molecule has 2 heterocycles. The van der Waals surface area contributed by atoms with Gasteiger partial charge in [0, 0.05) is 31.5 Å². The van der Waals surface area contributed by atoms with E-state index in [0.29, 0.717) is 23.0 Å². The van der Waals surface area contributed by atoms with E-state index in [2.05, 4.69) is 39.6 Å². The van der Waals surface area contributed by atoms with Gasteiger partial charge in [-0.05, 0) is 36.6 Å². The molecule has 1 aromatic heterocycles. The summed E-state index contributed by atoms with van der Waals surface area (Å²) in [5, 5.41) is 7.90. The normalized spacial score (nSPS) is 16.5. The van der Waals surface area contributed by atoms with Crippen molar-refractivity contribution < 1.29 is 4.79 Å². The van der Waals surface area contributed by atoms with Gasteiger partial charge in [-0.3, -0.25) is 4.79 Å². The Balaban J connectivity index is 1.33. The number of para-hydroxylation sites is 2. The highest BCUT2D eigenvalue weighted by molar-refractivity contribution is 6.32. The zero-order valence-electron chi connectivity index (χ0n) is 14.9. The lowest BCUT2D eigenvalue weighted by Gasteiger charge is -2.18. The summed E-state index contributed by atoms with van der Waals surface area (Å²) < 4.78 is 1.63. The average molecular weight is 381 g/mol. The predicted molar refractivity (Wildman–Crippen MR) is 108 cm³/mol. The van der Waals surface area contributed by atoms with Gasteiger partial charge in [-0.2, -0.15) is 5.10 Å². The second-order valence-corrected chi connectivity index (χ2v) is 7.18. The second-order valence-electron chi connectivity index (χ2n) is 6.77. The Hall–Kier alpha value is -2.79. The zero-order valence-corrected chi connectivity index (χ0v) is 15.6. The van der Waals surface area contributed by atoms with Crippen molar-refractivity contribution in [3.8, 4) is 5.69 Å². The molecule has 138 valence electrons. The van der Waals surface area contributed by atoms with Gasteiger partial charge in [-0.1, -0.05) is 41.9 Å². The van der Waals surface area contributed by atoms with Crippen molar-refractivity contribution in [1.82, 2.24) is 15.1 Å². The van der Waals surface area contributed by atoms with Crippen LogP contribution < -0.4 is 10.2 Å². The summed E-state index contributed by atoms with van der Waals surface area (Å²) in [6.07, 6.45) is 4.36. The molecule has 1 N–H and O–H groups in total. The van der Waals surface area contributed by atoms with Crippen LogP contribution in [0.15, 0.2) is 67.0 Å². The molecule has 1 unspecified atom stereocenters. The molecule has 0 bridgehead atoms. The maximum atomic E-state index is 12.5. The van der Waals surface area contributed by atoms with E-state index < -0.39 is 0 Å². The van der Waals surface area contributed by atoms with Gasteiger partial charge in [0.1, 0.15) is 0 Å². The number of benzene rings is 2. The second kappa shape index (κ2) is 7.84. The Bertz CT molecular complexity index is 925. The Morgan fingerprint density at radius 1 is 1.15 bits per heavy atom. The van der Waals surface area contributed by atoms with Crippen LogP contribution in [0.2, 0.25) is 5.02 Å². The summed E-state index contributed by atoms with van der Waals surface area (Å²) in [6.45, 7) is 2.65. The smallest absolute Gasteiger partial charge is 0.254 e. The first-order valence-electron chi connectivity index (χ1n) is 9.08. The lowest BCUT2D eigenvalue weighted by atomic mass is 10.1. The van der Waals surface area contributed by atoms with Crippen molar-refractivity contribution in [1.29, 1.82) is 0 Å². The quantitative estimate of drug-likeness (QED) is 0.732. The third-order valence-electron chi connectivity index (χ3n) is 4.90. The van der Waals surface area contributed by atoms with E-state index >= 15 is 0 Å². The molecule has 1 atom stereocenters. The van der Waals surface area contributed by atoms with Gasteiger partial charge >= 0.3 is 0 Å². The molecule has 1 aliphatic heterocycles. The van der Waals surface area contributed by atoms with Crippen LogP contribution in [0.4, 0.5) is 5.69 Å². The highest BCUT2D eigenvalue weighted by Crippen LogP contribution is 2.23. The van der Waals surface area contributed by atoms with Crippen LogP contribution in [0.5, 0.6) is 0 Å². The van der Waals surface area contributed by atoms with E-state index in [4.69, 9.17) is 11.6 Å². The van der Waals surface area contributed by atoms with Gasteiger partial charge in [0.2, 0.25) is 0 Å². The number of carbonyl (C=O) groups excluding carboxylic acids is 1. The van der Waals surface area contributed by atoms with Gasteiger partial charge in [0.15, 0.2) is 0 Å². The molecule has 5 nitrogen and oxygen atoms in total. The molecule has 1 amide bonds. The van der Waals surface area contributed by atoms with Gasteiger partial charge in [0.25, 0.3) is 5.91 Å². The Morgan fingerprint density at radius 2 is 1.93 bits per heavy atom. The van der Waals surface area contributed by atoms with Crippen molar-refractivity contribution >= 4 is 23.2 Å². The van der Waals surface area contributed by atoms with Crippen molar-refractivity contribution in [2.75, 3.05) is 24.5 Å². The molecular formula is C21H21ClN4O. The summed E-state index contributed by atoms with van der Waals surface area (Å²) in [6, 6.07) is 17.8. The molecule has 0 saturated carbocycles. The van der Waals surface area contributed by atoms with Crippen LogP contribution in [-0.4, -0.2) is 35.3 Å². The highest BCUT2D eigenvalue weighted by Gasteiger charge is 2.23. The number of rotatable bonds is 5. The van der Waals surface area contributed by atoms with Crippen molar-refractivity contribution in [3.05, 3.63) is 77.6 Å². The zero-order chi connectivity index (χ0) is 18.6. The molecule has 3 aromatic rings. The highest BCUT2D eigenvalue weighted by atomic mass is 35.5. The van der Waals surface area contributed by atoms with Gasteiger partial charge in [0.05, 0.1) is 22.5 Å². The summed E-state index contributed by atoms with van der Waals surface area (Å²) in [4.78, 5) is 14.8. The van der Waals surface area contributed by atoms with Crippen molar-refractivity contribution in [2.45, 2.75) is 6.42 Å². The number of nitrogens with zero attached hydrogens (tertiary/aromatic N) is 3. The van der Waals surface area contributed by atoms with Gasteiger partial charge in [-0.15, -0.1) is 0 Å². The minimum atomic E-state index is -0.105. The Labute approximate surface area is 163 Å². The Kier molecular flexibility index (Phi) is 5.12. The molecule has 4 rings (SSSR count). The number of carbonyl (C=O) groups is 1. The van der Waals surface area contributed by atoms with E-state index in [1.54, 1.807) is 23.1 Å². The number of hydrogen-bond acceptors (Lipinski definition) is 3. The molecule has 1 saturated heterocycles. The van der Waals surface area contributed by atoms with Crippen LogP contribution >= 0.6 is 11.6 Å². The first-order valence-corrected chi connectivity index (χ1v) is 9.46. The molecule has 27 heavy (non-hydrogen) atoms. The fraction of sp³-hybridized carbons (Fsp3) is 0.238. The maximum Gasteiger partial charge on any atom is 0.254 e. The van der Waals surface area contributed by atoms with Gasteiger partial charge in [-0.25, -0.2) is 4.68 Å². The van der Waals surface area contributed by atoms with Gasteiger partial charge < -0.3 is 10.2 Å². The SMILES string of the molecule is O=C(NCC1CCN(c2ccccc2)C1)c1cnn(-c2ccccc2Cl)c1. The average Bonchev–Trinajstić information content (AvgIpc) is 3.37. The molecule has 1 fully saturated rings. The fourth-order valence-corrected chi connectivity index (χ4v) is 3.64. The number of amides is 1. The molecule has 0 radical (unpaired) electrons. The first kappa shape index (κ1) is 17.6. The van der Waals surface area contributed by atoms with Crippen molar-refractivity contribution in [2.24, 2.45) is 5.92 Å². The Morgan fingerprint density at radius 3 is 2.74 bits per heavy atom. The van der Waals surface area contributed by atoms with E-state index in [1.807, 2.05) is 24.3 Å². The molecular weight excluding hydrogens is 360 g/mol. The number of nitrogens with one attached hydrogen (secondary N) is 1. The summed E-state index contributed by atoms with van der Waals surface area (Å²) in [5.41, 5.74) is 2.53. The third kappa shape index (κ3) is 3.98. The van der Waals surface area contributed by atoms with E-state index in [0.717, 1.165) is 25.2 Å². The number of aromatic nitrogens is 2. The first-order chi connectivity index (χ1) is 13.2. The predicted octanol–water partition coefficient (Wildman–Crippen LogP) is 3.78. The molecule has 2 aromatic carbocycles. The molecule has 1 aliphatic rings. The summed E-state index contributed by atoms with van der Waals surface area (Å²) in [7, 11) is 0. The molecule has 6 heteroatoms. The van der Waals surface area contributed by atoms with E-state index in [9.17, 15) is 4.79 Å². The number of anilines is 1. The van der Waals surface area contributed by atoms with Crippen LogP contribution in [0.3, 0.4) is 0 Å². The van der Waals surface area contributed by atoms with Crippen molar-refractivity contribution in [3.63, 3.8) is 0 Å². The summed E-state index contributed by atoms with van der Waals surface area (Å²) in [5.74, 6) is 0.347. The van der Waals surface area contributed by atoms with Crippen LogP contribution in [0.25, 0.3) is 5.69 Å². The topological polar surface area (TPSA) is 50.2 Å². The standard InChI is InChI=1S/C21H21ClN4O/c22-19-8-4-5-9-20(19)26-15-17(13-24-26)21(27)23-12-16-10-11-25(14-16)18-6-2-1-3-7-18/h1-9,13,15-16H,10-12,14H2,(H,23,27). The van der Waals surface area contributed by atoms with E-state index in [-0.39, 0.29) is 5.91 Å². The molecule has 0 aliphatic carbocycles. The maximum absolute atomic E-state index is 12.5. The van der Waals surface area contributed by atoms with Crippen LogP contribution in [0, 0.1) is 5.92 Å². The monoisotopic (exact) mass is 380 g/mol. The largest absolute Gasteiger partial charge is 0.371 e. The van der Waals surface area contributed by atoms with E-state index in [1.165, 1.54) is 5.69 Å². The minimum absolute atomic E-state index is 0.105. The van der Waals surface area contributed by atoms with Crippen LogP contribution in [-0.2, 0) is 0 Å². The van der Waals surface area contributed by atoms with Crippen LogP contribution in [0.1, 0.15) is 16.8 Å².